The van der Waals surface area contributed by atoms with Crippen LogP contribution in [-0.2, 0) is 19.6 Å². The van der Waals surface area contributed by atoms with Gasteiger partial charge in [-0.15, -0.1) is 0 Å². The molecule has 3 N–H and O–H groups in total. The Balaban J connectivity index is 2.25. The molecule has 28 heavy (non-hydrogen) atoms. The monoisotopic (exact) mass is 420 g/mol. The molecule has 0 saturated carbocycles. The first-order valence-electron chi connectivity index (χ1n) is 8.08. The molecule has 0 radical (unpaired) electrons. The summed E-state index contributed by atoms with van der Waals surface area (Å²) in [4.78, 5) is 21.6. The highest BCUT2D eigenvalue weighted by molar-refractivity contribution is 7.92. The van der Waals surface area contributed by atoms with Crippen molar-refractivity contribution in [1.82, 2.24) is 0 Å². The summed E-state index contributed by atoms with van der Waals surface area (Å²) in [5.74, 6) is 4.20. The van der Waals surface area contributed by atoms with E-state index in [1.54, 1.807) is 0 Å². The Morgan fingerprint density at radius 1 is 1.14 bits per heavy atom. The first-order chi connectivity index (χ1) is 13.2. The summed E-state index contributed by atoms with van der Waals surface area (Å²) in [6.07, 6.45) is 0.00786. The zero-order valence-corrected chi connectivity index (χ0v) is 16.4. The molecule has 2 aromatic carbocycles. The number of carboxylic acids is 1. The minimum Gasteiger partial charge on any atom is -0.481 e. The van der Waals surface area contributed by atoms with E-state index in [-0.39, 0.29) is 29.3 Å². The lowest BCUT2D eigenvalue weighted by Crippen LogP contribution is -2.14. The summed E-state index contributed by atoms with van der Waals surface area (Å²) in [6.45, 7) is 1.35. The SMILES string of the molecule is CC(=O)Nc1ccc(S(=O)(=O)Nc2ccc(Cl)cc2C#CCCC(=O)O)cc1. The summed E-state index contributed by atoms with van der Waals surface area (Å²) in [5, 5.41) is 11.6. The molecule has 0 spiro atoms. The number of aliphatic carboxylic acids is 1. The van der Waals surface area contributed by atoms with Gasteiger partial charge in [0.15, 0.2) is 0 Å². The summed E-state index contributed by atoms with van der Waals surface area (Å²) in [7, 11) is -3.91. The third kappa shape index (κ3) is 6.30. The number of anilines is 2. The van der Waals surface area contributed by atoms with Crippen LogP contribution in [0.15, 0.2) is 47.4 Å². The fourth-order valence-corrected chi connectivity index (χ4v) is 3.41. The predicted octanol–water partition coefficient (Wildman–Crippen LogP) is 3.32. The van der Waals surface area contributed by atoms with Gasteiger partial charge in [0.1, 0.15) is 0 Å². The van der Waals surface area contributed by atoms with Crippen molar-refractivity contribution in [3.8, 4) is 11.8 Å². The third-order valence-electron chi connectivity index (χ3n) is 3.40. The van der Waals surface area contributed by atoms with Crippen LogP contribution in [0.3, 0.4) is 0 Å². The number of nitrogens with one attached hydrogen (secondary N) is 2. The van der Waals surface area contributed by atoms with Gasteiger partial charge in [0.2, 0.25) is 5.91 Å². The molecule has 2 aromatic rings. The Kier molecular flexibility index (Phi) is 7.04. The van der Waals surface area contributed by atoms with Crippen LogP contribution in [0, 0.1) is 11.8 Å². The number of sulfonamides is 1. The van der Waals surface area contributed by atoms with E-state index in [0.717, 1.165) is 0 Å². The van der Waals surface area contributed by atoms with Crippen molar-refractivity contribution in [2.24, 2.45) is 0 Å². The van der Waals surface area contributed by atoms with E-state index in [4.69, 9.17) is 16.7 Å². The second-order valence-electron chi connectivity index (χ2n) is 5.70. The molecule has 0 unspecified atom stereocenters. The van der Waals surface area contributed by atoms with E-state index in [2.05, 4.69) is 21.9 Å². The Morgan fingerprint density at radius 2 is 1.82 bits per heavy atom. The van der Waals surface area contributed by atoms with Crippen LogP contribution < -0.4 is 10.0 Å². The smallest absolute Gasteiger partial charge is 0.304 e. The molecule has 0 aliphatic carbocycles. The standard InChI is InChI=1S/C19H17ClN2O5S/c1-13(23)21-16-7-9-17(10-8-16)28(26,27)22-18-11-6-15(20)12-14(18)4-2-3-5-19(24)25/h6-12,22H,3,5H2,1H3,(H,21,23)(H,24,25). The van der Waals surface area contributed by atoms with Crippen molar-refractivity contribution >= 4 is 44.9 Å². The number of amides is 1. The number of carboxylic acid groups (broad SMARTS) is 1. The molecule has 2 rings (SSSR count). The molecule has 0 heterocycles. The maximum absolute atomic E-state index is 12.6. The fourth-order valence-electron chi connectivity index (χ4n) is 2.16. The quantitative estimate of drug-likeness (QED) is 0.620. The maximum atomic E-state index is 12.6. The van der Waals surface area contributed by atoms with Crippen molar-refractivity contribution in [3.63, 3.8) is 0 Å². The van der Waals surface area contributed by atoms with Gasteiger partial charge in [-0.25, -0.2) is 8.42 Å². The topological polar surface area (TPSA) is 113 Å². The first-order valence-corrected chi connectivity index (χ1v) is 9.94. The first kappa shape index (κ1) is 21.3. The van der Waals surface area contributed by atoms with E-state index in [9.17, 15) is 18.0 Å². The lowest BCUT2D eigenvalue weighted by Gasteiger charge is -2.11. The van der Waals surface area contributed by atoms with Crippen molar-refractivity contribution in [3.05, 3.63) is 53.1 Å². The van der Waals surface area contributed by atoms with Gasteiger partial charge in [-0.1, -0.05) is 23.4 Å². The number of carbonyl (C=O) groups excluding carboxylic acids is 1. The maximum Gasteiger partial charge on any atom is 0.304 e. The summed E-state index contributed by atoms with van der Waals surface area (Å²) in [5.41, 5.74) is 1.03. The minimum absolute atomic E-state index is 0.00124. The fraction of sp³-hybridized carbons (Fsp3) is 0.158. The number of hydrogen-bond donors (Lipinski definition) is 3. The molecular formula is C19H17ClN2O5S. The van der Waals surface area contributed by atoms with Gasteiger partial charge in [0.05, 0.1) is 22.6 Å². The number of rotatable bonds is 6. The summed E-state index contributed by atoms with van der Waals surface area (Å²) < 4.78 is 27.7. The molecule has 0 atom stereocenters. The lowest BCUT2D eigenvalue weighted by molar-refractivity contribution is -0.136. The van der Waals surface area contributed by atoms with Crippen LogP contribution in [0.2, 0.25) is 5.02 Å². The molecule has 0 aliphatic heterocycles. The molecule has 0 aromatic heterocycles. The number of halogens is 1. The number of benzene rings is 2. The second kappa shape index (κ2) is 9.26. The average Bonchev–Trinajstić information content (AvgIpc) is 2.60. The molecule has 0 saturated heterocycles. The van der Waals surface area contributed by atoms with Crippen molar-refractivity contribution in [2.75, 3.05) is 10.0 Å². The zero-order chi connectivity index (χ0) is 20.7. The van der Waals surface area contributed by atoms with Gasteiger partial charge in [-0.05, 0) is 42.5 Å². The molecule has 0 fully saturated rings. The Hall–Kier alpha value is -3.02. The Labute approximate surface area is 167 Å². The van der Waals surface area contributed by atoms with Crippen LogP contribution in [0.1, 0.15) is 25.3 Å². The lowest BCUT2D eigenvalue weighted by atomic mass is 10.2. The van der Waals surface area contributed by atoms with Crippen molar-refractivity contribution in [2.45, 2.75) is 24.7 Å². The zero-order valence-electron chi connectivity index (χ0n) is 14.8. The van der Waals surface area contributed by atoms with Crippen LogP contribution in [-0.4, -0.2) is 25.4 Å². The van der Waals surface area contributed by atoms with Crippen LogP contribution in [0.5, 0.6) is 0 Å². The number of carbonyl (C=O) groups is 2. The highest BCUT2D eigenvalue weighted by Gasteiger charge is 2.16. The van der Waals surface area contributed by atoms with Crippen LogP contribution in [0.25, 0.3) is 0 Å². The number of hydrogen-bond acceptors (Lipinski definition) is 4. The average molecular weight is 421 g/mol. The Bertz CT molecular complexity index is 1050. The molecule has 0 bridgehead atoms. The molecule has 146 valence electrons. The van der Waals surface area contributed by atoms with Crippen molar-refractivity contribution < 1.29 is 23.1 Å². The van der Waals surface area contributed by atoms with Gasteiger partial charge in [-0.3, -0.25) is 14.3 Å². The van der Waals surface area contributed by atoms with Gasteiger partial charge >= 0.3 is 5.97 Å². The van der Waals surface area contributed by atoms with E-state index < -0.39 is 16.0 Å². The third-order valence-corrected chi connectivity index (χ3v) is 5.01. The molecule has 9 heteroatoms. The van der Waals surface area contributed by atoms with Crippen LogP contribution in [0.4, 0.5) is 11.4 Å². The summed E-state index contributed by atoms with van der Waals surface area (Å²) >= 11 is 5.95. The normalized spacial score (nSPS) is 10.5. The summed E-state index contributed by atoms with van der Waals surface area (Å²) in [6, 6.07) is 10.2. The highest BCUT2D eigenvalue weighted by atomic mass is 35.5. The largest absolute Gasteiger partial charge is 0.481 e. The molecular weight excluding hydrogens is 404 g/mol. The van der Waals surface area contributed by atoms with E-state index in [1.807, 2.05) is 0 Å². The predicted molar refractivity (Wildman–Crippen MR) is 107 cm³/mol. The van der Waals surface area contributed by atoms with E-state index in [0.29, 0.717) is 16.3 Å². The molecule has 0 aliphatic rings. The van der Waals surface area contributed by atoms with Gasteiger partial charge < -0.3 is 10.4 Å². The second-order valence-corrected chi connectivity index (χ2v) is 7.82. The van der Waals surface area contributed by atoms with Gasteiger partial charge in [0, 0.05) is 24.1 Å². The van der Waals surface area contributed by atoms with E-state index in [1.165, 1.54) is 49.4 Å². The molecule has 7 nitrogen and oxygen atoms in total. The minimum atomic E-state index is -3.91. The van der Waals surface area contributed by atoms with E-state index >= 15 is 0 Å². The highest BCUT2D eigenvalue weighted by Crippen LogP contribution is 2.24. The molecule has 1 amide bonds. The van der Waals surface area contributed by atoms with Crippen LogP contribution >= 0.6 is 11.6 Å². The van der Waals surface area contributed by atoms with Crippen molar-refractivity contribution in [1.29, 1.82) is 0 Å². The van der Waals surface area contributed by atoms with Gasteiger partial charge in [0.25, 0.3) is 10.0 Å². The Morgan fingerprint density at radius 3 is 2.43 bits per heavy atom. The van der Waals surface area contributed by atoms with Gasteiger partial charge in [-0.2, -0.15) is 0 Å².